The Morgan fingerprint density at radius 3 is 2.64 bits per heavy atom. The summed E-state index contributed by atoms with van der Waals surface area (Å²) in [5, 5.41) is 11.2. The molecule has 0 radical (unpaired) electrons. The van der Waals surface area contributed by atoms with Crippen LogP contribution in [0.4, 0.5) is 0 Å². The molecule has 1 aromatic rings. The minimum absolute atomic E-state index is 0.0504. The van der Waals surface area contributed by atoms with Crippen LogP contribution in [0.25, 0.3) is 0 Å². The molecule has 3 heteroatoms. The number of aliphatic carboxylic acids is 1. The smallest absolute Gasteiger partial charge is 0.317 e. The summed E-state index contributed by atoms with van der Waals surface area (Å²) in [7, 11) is 0. The van der Waals surface area contributed by atoms with Gasteiger partial charge in [-0.2, -0.15) is 0 Å². The Morgan fingerprint density at radius 1 is 1.29 bits per heavy atom. The Morgan fingerprint density at radius 2 is 2.00 bits per heavy atom. The Kier molecular flexibility index (Phi) is 4.72. The molecule has 0 saturated carbocycles. The summed E-state index contributed by atoms with van der Waals surface area (Å²) in [6, 6.07) is 10.2. The lowest BCUT2D eigenvalue weighted by Crippen LogP contribution is -2.23. The first kappa shape index (κ1) is 10.7. The van der Waals surface area contributed by atoms with Crippen molar-refractivity contribution in [2.24, 2.45) is 0 Å². The zero-order chi connectivity index (χ0) is 10.2. The van der Waals surface area contributed by atoms with Gasteiger partial charge in [0.1, 0.15) is 0 Å². The van der Waals surface area contributed by atoms with Crippen molar-refractivity contribution in [1.29, 1.82) is 0 Å². The van der Waals surface area contributed by atoms with Crippen molar-refractivity contribution in [1.82, 2.24) is 5.32 Å². The molecule has 1 aromatic carbocycles. The van der Waals surface area contributed by atoms with Crippen LogP contribution in [0, 0.1) is 0 Å². The second-order valence-corrected chi connectivity index (χ2v) is 3.16. The summed E-state index contributed by atoms with van der Waals surface area (Å²) in [4.78, 5) is 10.2. The molecule has 0 heterocycles. The summed E-state index contributed by atoms with van der Waals surface area (Å²) in [5.41, 5.74) is 1.30. The summed E-state index contributed by atoms with van der Waals surface area (Å²) in [6.07, 6.45) is 1.96. The molecule has 0 spiro atoms. The van der Waals surface area contributed by atoms with E-state index in [0.717, 1.165) is 19.4 Å². The van der Waals surface area contributed by atoms with E-state index in [2.05, 4.69) is 17.4 Å². The molecule has 0 saturated heterocycles. The van der Waals surface area contributed by atoms with Crippen LogP contribution in [0.1, 0.15) is 12.0 Å². The highest BCUT2D eigenvalue weighted by atomic mass is 16.4. The quantitative estimate of drug-likeness (QED) is 0.669. The Balaban J connectivity index is 2.08. The van der Waals surface area contributed by atoms with Crippen LogP contribution in [0.2, 0.25) is 0 Å². The normalized spacial score (nSPS) is 10.0. The average Bonchev–Trinajstić information content (AvgIpc) is 2.18. The molecule has 0 aromatic heterocycles. The monoisotopic (exact) mass is 193 g/mol. The van der Waals surface area contributed by atoms with Crippen LogP contribution in [0.15, 0.2) is 30.3 Å². The molecular formula is C11H15NO2. The number of aryl methyl sites for hydroxylation is 1. The molecule has 3 nitrogen and oxygen atoms in total. The van der Waals surface area contributed by atoms with Gasteiger partial charge in [-0.15, -0.1) is 0 Å². The minimum atomic E-state index is -0.801. The van der Waals surface area contributed by atoms with E-state index >= 15 is 0 Å². The second-order valence-electron chi connectivity index (χ2n) is 3.16. The molecule has 14 heavy (non-hydrogen) atoms. The topological polar surface area (TPSA) is 49.3 Å². The van der Waals surface area contributed by atoms with Crippen LogP contribution in [-0.4, -0.2) is 24.2 Å². The third-order valence-corrected chi connectivity index (χ3v) is 1.94. The van der Waals surface area contributed by atoms with Crippen LogP contribution in [0.5, 0.6) is 0 Å². The molecule has 2 N–H and O–H groups in total. The first-order chi connectivity index (χ1) is 6.79. The Labute approximate surface area is 83.8 Å². The maximum Gasteiger partial charge on any atom is 0.317 e. The van der Waals surface area contributed by atoms with E-state index < -0.39 is 5.97 Å². The third-order valence-electron chi connectivity index (χ3n) is 1.94. The molecule has 0 fully saturated rings. The standard InChI is InChI=1S/C11H15NO2/c13-11(14)9-12-8-4-7-10-5-2-1-3-6-10/h1-3,5-6,12H,4,7-9H2,(H,13,14). The predicted octanol–water partition coefficient (Wildman–Crippen LogP) is 1.29. The molecule has 0 unspecified atom stereocenters. The lowest BCUT2D eigenvalue weighted by atomic mass is 10.1. The molecule has 0 aliphatic carbocycles. The summed E-state index contributed by atoms with van der Waals surface area (Å²) < 4.78 is 0. The van der Waals surface area contributed by atoms with E-state index in [-0.39, 0.29) is 6.54 Å². The van der Waals surface area contributed by atoms with Crippen LogP contribution in [-0.2, 0) is 11.2 Å². The SMILES string of the molecule is O=C(O)CNCCCc1ccccc1. The summed E-state index contributed by atoms with van der Waals surface area (Å²) in [5.74, 6) is -0.801. The lowest BCUT2D eigenvalue weighted by Gasteiger charge is -2.01. The number of carboxylic acid groups (broad SMARTS) is 1. The van der Waals surface area contributed by atoms with E-state index in [1.807, 2.05) is 18.2 Å². The lowest BCUT2D eigenvalue weighted by molar-refractivity contribution is -0.135. The zero-order valence-corrected chi connectivity index (χ0v) is 8.07. The first-order valence-electron chi connectivity index (χ1n) is 4.75. The zero-order valence-electron chi connectivity index (χ0n) is 8.07. The predicted molar refractivity (Wildman–Crippen MR) is 55.3 cm³/mol. The molecule has 0 bridgehead atoms. The van der Waals surface area contributed by atoms with Gasteiger partial charge in [0.25, 0.3) is 0 Å². The number of hydrogen-bond donors (Lipinski definition) is 2. The number of benzene rings is 1. The van der Waals surface area contributed by atoms with Crippen molar-refractivity contribution in [2.45, 2.75) is 12.8 Å². The largest absolute Gasteiger partial charge is 0.480 e. The van der Waals surface area contributed by atoms with Gasteiger partial charge in [-0.25, -0.2) is 0 Å². The van der Waals surface area contributed by atoms with Crippen molar-refractivity contribution in [3.63, 3.8) is 0 Å². The van der Waals surface area contributed by atoms with Gasteiger partial charge in [0, 0.05) is 0 Å². The van der Waals surface area contributed by atoms with E-state index in [4.69, 9.17) is 5.11 Å². The van der Waals surface area contributed by atoms with Gasteiger partial charge in [-0.3, -0.25) is 4.79 Å². The first-order valence-corrected chi connectivity index (χ1v) is 4.75. The maximum atomic E-state index is 10.2. The van der Waals surface area contributed by atoms with Crippen LogP contribution < -0.4 is 5.32 Å². The van der Waals surface area contributed by atoms with Gasteiger partial charge in [-0.05, 0) is 24.9 Å². The maximum absolute atomic E-state index is 10.2. The second kappa shape index (κ2) is 6.16. The van der Waals surface area contributed by atoms with Gasteiger partial charge in [-0.1, -0.05) is 30.3 Å². The van der Waals surface area contributed by atoms with Gasteiger partial charge in [0.2, 0.25) is 0 Å². The fraction of sp³-hybridized carbons (Fsp3) is 0.364. The Bertz CT molecular complexity index is 272. The summed E-state index contributed by atoms with van der Waals surface area (Å²) >= 11 is 0. The molecule has 0 aliphatic rings. The van der Waals surface area contributed by atoms with E-state index in [9.17, 15) is 4.79 Å². The van der Waals surface area contributed by atoms with Crippen molar-refractivity contribution in [3.05, 3.63) is 35.9 Å². The van der Waals surface area contributed by atoms with Gasteiger partial charge < -0.3 is 10.4 Å². The average molecular weight is 193 g/mol. The van der Waals surface area contributed by atoms with E-state index in [0.29, 0.717) is 0 Å². The van der Waals surface area contributed by atoms with Gasteiger partial charge in [0.15, 0.2) is 0 Å². The number of hydrogen-bond acceptors (Lipinski definition) is 2. The fourth-order valence-electron chi connectivity index (χ4n) is 1.26. The van der Waals surface area contributed by atoms with Crippen molar-refractivity contribution >= 4 is 5.97 Å². The third kappa shape index (κ3) is 4.62. The minimum Gasteiger partial charge on any atom is -0.480 e. The fourth-order valence-corrected chi connectivity index (χ4v) is 1.26. The van der Waals surface area contributed by atoms with Gasteiger partial charge in [0.05, 0.1) is 6.54 Å². The molecular weight excluding hydrogens is 178 g/mol. The molecule has 76 valence electrons. The number of carboxylic acids is 1. The molecule has 0 aliphatic heterocycles. The van der Waals surface area contributed by atoms with Crippen molar-refractivity contribution in [3.8, 4) is 0 Å². The van der Waals surface area contributed by atoms with E-state index in [1.165, 1.54) is 5.56 Å². The summed E-state index contributed by atoms with van der Waals surface area (Å²) in [6.45, 7) is 0.802. The highest BCUT2D eigenvalue weighted by Crippen LogP contribution is 2.01. The number of carbonyl (C=O) groups is 1. The van der Waals surface area contributed by atoms with Crippen LogP contribution >= 0.6 is 0 Å². The highest BCUT2D eigenvalue weighted by Gasteiger charge is 1.95. The van der Waals surface area contributed by atoms with Crippen molar-refractivity contribution < 1.29 is 9.90 Å². The molecule has 0 atom stereocenters. The highest BCUT2D eigenvalue weighted by molar-refractivity contribution is 5.68. The van der Waals surface area contributed by atoms with Crippen LogP contribution in [0.3, 0.4) is 0 Å². The molecule has 1 rings (SSSR count). The van der Waals surface area contributed by atoms with E-state index in [1.54, 1.807) is 0 Å². The van der Waals surface area contributed by atoms with Crippen molar-refractivity contribution in [2.75, 3.05) is 13.1 Å². The Hall–Kier alpha value is -1.35. The van der Waals surface area contributed by atoms with Gasteiger partial charge >= 0.3 is 5.97 Å². The number of nitrogens with one attached hydrogen (secondary N) is 1. The molecule has 0 amide bonds. The number of rotatable bonds is 6.